The van der Waals surface area contributed by atoms with E-state index in [0.717, 1.165) is 5.41 Å². The molecular formula is C5H5NO4S2. The van der Waals surface area contributed by atoms with Gasteiger partial charge in [0.25, 0.3) is 0 Å². The molecule has 7 heteroatoms. The van der Waals surface area contributed by atoms with Gasteiger partial charge >= 0.3 is 5.97 Å². The number of nitrogens with zero attached hydrogens (tertiary/aromatic N) is 1. The maximum Gasteiger partial charge on any atom is 0.366 e. The second kappa shape index (κ2) is 2.91. The molecule has 0 spiro atoms. The SMILES string of the molecule is O=C(O)C1=NC(CS)=CS1(=O)=O. The maximum absolute atomic E-state index is 11.0. The summed E-state index contributed by atoms with van der Waals surface area (Å²) < 4.78 is 21.9. The average molecular weight is 207 g/mol. The predicted molar refractivity (Wildman–Crippen MR) is 45.9 cm³/mol. The highest BCUT2D eigenvalue weighted by atomic mass is 32.2. The third-order valence-electron chi connectivity index (χ3n) is 1.15. The standard InChI is InChI=1S/C5H5NO4S2/c7-5(8)4-6-3(1-11)2-12(4,9)10/h2,11H,1H2,(H,7,8). The van der Waals surface area contributed by atoms with Crippen molar-refractivity contribution in [3.63, 3.8) is 0 Å². The zero-order valence-electron chi connectivity index (χ0n) is 5.76. The van der Waals surface area contributed by atoms with Gasteiger partial charge in [-0.15, -0.1) is 0 Å². The maximum atomic E-state index is 11.0. The van der Waals surface area contributed by atoms with E-state index in [1.54, 1.807) is 0 Å². The summed E-state index contributed by atoms with van der Waals surface area (Å²) >= 11 is 3.77. The second-order valence-electron chi connectivity index (χ2n) is 2.03. The van der Waals surface area contributed by atoms with Crippen LogP contribution in [0.5, 0.6) is 0 Å². The molecule has 1 heterocycles. The number of carboxylic acids is 1. The van der Waals surface area contributed by atoms with Gasteiger partial charge in [-0.25, -0.2) is 18.2 Å². The van der Waals surface area contributed by atoms with Crippen LogP contribution in [-0.4, -0.2) is 30.3 Å². The highest BCUT2D eigenvalue weighted by Crippen LogP contribution is 2.15. The smallest absolute Gasteiger partial charge is 0.366 e. The van der Waals surface area contributed by atoms with Crippen molar-refractivity contribution in [2.24, 2.45) is 4.99 Å². The number of hydrogen-bond donors (Lipinski definition) is 2. The summed E-state index contributed by atoms with van der Waals surface area (Å²) in [7, 11) is -3.81. The van der Waals surface area contributed by atoms with Gasteiger partial charge in [0.2, 0.25) is 14.9 Å². The van der Waals surface area contributed by atoms with Crippen LogP contribution in [0.4, 0.5) is 0 Å². The number of thiol groups is 1. The van der Waals surface area contributed by atoms with Crippen LogP contribution in [0, 0.1) is 0 Å². The first-order valence-electron chi connectivity index (χ1n) is 2.86. The first-order chi connectivity index (χ1) is 5.47. The highest BCUT2D eigenvalue weighted by molar-refractivity contribution is 8.11. The molecule has 0 amide bonds. The fraction of sp³-hybridized carbons (Fsp3) is 0.200. The van der Waals surface area contributed by atoms with E-state index in [4.69, 9.17) is 5.11 Å². The molecule has 1 rings (SSSR count). The van der Waals surface area contributed by atoms with E-state index in [1.165, 1.54) is 0 Å². The summed E-state index contributed by atoms with van der Waals surface area (Å²) in [6, 6.07) is 0. The molecule has 0 unspecified atom stereocenters. The van der Waals surface area contributed by atoms with Crippen LogP contribution >= 0.6 is 12.6 Å². The Kier molecular flexibility index (Phi) is 2.25. The lowest BCUT2D eigenvalue weighted by Gasteiger charge is -1.88. The minimum atomic E-state index is -3.81. The summed E-state index contributed by atoms with van der Waals surface area (Å²) in [5.74, 6) is -1.43. The van der Waals surface area contributed by atoms with Crippen molar-refractivity contribution < 1.29 is 18.3 Å². The van der Waals surface area contributed by atoms with Gasteiger partial charge in [-0.2, -0.15) is 12.6 Å². The Hall–Kier alpha value is -0.820. The second-order valence-corrected chi connectivity index (χ2v) is 4.06. The van der Waals surface area contributed by atoms with Crippen molar-refractivity contribution in [3.8, 4) is 0 Å². The van der Waals surface area contributed by atoms with Gasteiger partial charge < -0.3 is 5.11 Å². The molecular weight excluding hydrogens is 202 g/mol. The topological polar surface area (TPSA) is 83.8 Å². The summed E-state index contributed by atoms with van der Waals surface area (Å²) in [4.78, 5) is 13.7. The Morgan fingerprint density at radius 1 is 1.67 bits per heavy atom. The van der Waals surface area contributed by atoms with E-state index in [9.17, 15) is 13.2 Å². The van der Waals surface area contributed by atoms with Crippen molar-refractivity contribution >= 4 is 33.5 Å². The first kappa shape index (κ1) is 9.27. The molecule has 0 fully saturated rings. The van der Waals surface area contributed by atoms with Crippen molar-refractivity contribution in [3.05, 3.63) is 11.1 Å². The molecule has 1 aliphatic rings. The minimum Gasteiger partial charge on any atom is -0.476 e. The van der Waals surface area contributed by atoms with Crippen molar-refractivity contribution in [1.82, 2.24) is 0 Å². The summed E-state index contributed by atoms with van der Waals surface area (Å²) in [6.45, 7) is 0. The largest absolute Gasteiger partial charge is 0.476 e. The normalized spacial score (nSPS) is 20.1. The van der Waals surface area contributed by atoms with Gasteiger partial charge in [-0.3, -0.25) is 0 Å². The van der Waals surface area contributed by atoms with E-state index in [2.05, 4.69) is 17.6 Å². The number of rotatable bonds is 2. The zero-order valence-corrected chi connectivity index (χ0v) is 7.47. The van der Waals surface area contributed by atoms with Gasteiger partial charge in [0, 0.05) is 5.75 Å². The number of hydrogen-bond acceptors (Lipinski definition) is 5. The number of sulfone groups is 1. The van der Waals surface area contributed by atoms with E-state index in [1.807, 2.05) is 0 Å². The number of aliphatic carboxylic acids is 1. The van der Waals surface area contributed by atoms with Crippen LogP contribution < -0.4 is 0 Å². The Balaban J connectivity index is 3.19. The number of aliphatic imine (C=N–C) groups is 1. The molecule has 5 nitrogen and oxygen atoms in total. The van der Waals surface area contributed by atoms with Gasteiger partial charge in [-0.1, -0.05) is 0 Å². The summed E-state index contributed by atoms with van der Waals surface area (Å²) in [5.41, 5.74) is 0.149. The summed E-state index contributed by atoms with van der Waals surface area (Å²) in [6.07, 6.45) is 0. The molecule has 0 aromatic heterocycles. The zero-order chi connectivity index (χ0) is 9.35. The molecule has 0 saturated heterocycles. The minimum absolute atomic E-state index is 0.107. The average Bonchev–Trinajstić information content (AvgIpc) is 2.25. The molecule has 12 heavy (non-hydrogen) atoms. The van der Waals surface area contributed by atoms with Gasteiger partial charge in [0.15, 0.2) is 0 Å². The van der Waals surface area contributed by atoms with Crippen LogP contribution in [0.25, 0.3) is 0 Å². The highest BCUT2D eigenvalue weighted by Gasteiger charge is 2.30. The monoisotopic (exact) mass is 207 g/mol. The van der Waals surface area contributed by atoms with Crippen LogP contribution in [0.15, 0.2) is 16.1 Å². The van der Waals surface area contributed by atoms with Crippen LogP contribution in [-0.2, 0) is 14.6 Å². The third-order valence-corrected chi connectivity index (χ3v) is 2.86. The molecule has 0 atom stereocenters. The third kappa shape index (κ3) is 1.51. The Morgan fingerprint density at radius 2 is 2.25 bits per heavy atom. The Bertz CT molecular complexity index is 378. The lowest BCUT2D eigenvalue weighted by atomic mass is 10.6. The molecule has 1 N–H and O–H groups in total. The van der Waals surface area contributed by atoms with Gasteiger partial charge in [0.05, 0.1) is 11.1 Å². The molecule has 0 aromatic carbocycles. The van der Waals surface area contributed by atoms with E-state index in [0.29, 0.717) is 0 Å². The van der Waals surface area contributed by atoms with Crippen molar-refractivity contribution in [2.45, 2.75) is 0 Å². The molecule has 66 valence electrons. The Morgan fingerprint density at radius 3 is 2.50 bits per heavy atom. The number of carboxylic acid groups (broad SMARTS) is 1. The molecule has 0 radical (unpaired) electrons. The van der Waals surface area contributed by atoms with E-state index >= 15 is 0 Å². The Labute approximate surface area is 74.1 Å². The molecule has 0 aromatic rings. The van der Waals surface area contributed by atoms with Crippen molar-refractivity contribution in [1.29, 1.82) is 0 Å². The van der Waals surface area contributed by atoms with Crippen LogP contribution in [0.2, 0.25) is 0 Å². The predicted octanol–water partition coefficient (Wildman–Crippen LogP) is -0.331. The van der Waals surface area contributed by atoms with E-state index in [-0.39, 0.29) is 11.4 Å². The molecule has 0 saturated carbocycles. The lowest BCUT2D eigenvalue weighted by Crippen LogP contribution is -2.19. The molecule has 0 aliphatic carbocycles. The van der Waals surface area contributed by atoms with Crippen LogP contribution in [0.1, 0.15) is 0 Å². The molecule has 0 bridgehead atoms. The first-order valence-corrected chi connectivity index (χ1v) is 5.04. The fourth-order valence-electron chi connectivity index (χ4n) is 0.697. The molecule has 1 aliphatic heterocycles. The van der Waals surface area contributed by atoms with Gasteiger partial charge in [-0.05, 0) is 0 Å². The van der Waals surface area contributed by atoms with Crippen molar-refractivity contribution in [2.75, 3.05) is 5.75 Å². The summed E-state index contributed by atoms with van der Waals surface area (Å²) in [5, 5.41) is 8.38. The quantitative estimate of drug-likeness (QED) is 0.607. The van der Waals surface area contributed by atoms with E-state index < -0.39 is 20.9 Å². The van der Waals surface area contributed by atoms with Gasteiger partial charge in [0.1, 0.15) is 0 Å². The fourth-order valence-corrected chi connectivity index (χ4v) is 2.08. The number of carbonyl (C=O) groups is 1. The van der Waals surface area contributed by atoms with Crippen LogP contribution in [0.3, 0.4) is 0 Å². The lowest BCUT2D eigenvalue weighted by molar-refractivity contribution is -0.129.